The molecule has 1 amide bonds. The highest BCUT2D eigenvalue weighted by atomic mass is 32.1. The summed E-state index contributed by atoms with van der Waals surface area (Å²) < 4.78 is 5.56. The molecule has 2 aromatic heterocycles. The van der Waals surface area contributed by atoms with E-state index in [1.54, 1.807) is 35.6 Å². The zero-order valence-electron chi connectivity index (χ0n) is 18.1. The molecule has 0 unspecified atom stereocenters. The SMILES string of the molecule is CCOc1ccc(-c2c(C)sc3ncnc(Nc4ccc(C(=O)NCC(=O)O)cc4)c23)cc1. The Bertz CT molecular complexity index is 1300. The maximum Gasteiger partial charge on any atom is 0.322 e. The zero-order chi connectivity index (χ0) is 23.4. The molecule has 4 aromatic rings. The van der Waals surface area contributed by atoms with E-state index in [-0.39, 0.29) is 0 Å². The molecular weight excluding hydrogens is 440 g/mol. The number of rotatable bonds is 8. The third kappa shape index (κ3) is 4.93. The third-order valence-corrected chi connectivity index (χ3v) is 5.94. The maximum atomic E-state index is 12.0. The Hall–Kier alpha value is -3.98. The number of aliphatic carboxylic acids is 1. The number of hydrogen-bond donors (Lipinski definition) is 3. The number of carbonyl (C=O) groups is 2. The fourth-order valence-electron chi connectivity index (χ4n) is 3.47. The molecule has 2 heterocycles. The normalized spacial score (nSPS) is 10.7. The smallest absolute Gasteiger partial charge is 0.322 e. The molecule has 3 N–H and O–H groups in total. The first-order chi connectivity index (χ1) is 16.0. The van der Waals surface area contributed by atoms with Crippen LogP contribution < -0.4 is 15.4 Å². The lowest BCUT2D eigenvalue weighted by Crippen LogP contribution is -2.29. The number of carboxylic acids is 1. The second-order valence-corrected chi connectivity index (χ2v) is 8.38. The molecule has 33 heavy (non-hydrogen) atoms. The molecule has 0 aliphatic heterocycles. The maximum absolute atomic E-state index is 12.0. The number of thiophene rings is 1. The van der Waals surface area contributed by atoms with Crippen LogP contribution in [0, 0.1) is 6.92 Å². The number of benzene rings is 2. The van der Waals surface area contributed by atoms with Gasteiger partial charge >= 0.3 is 5.97 Å². The second kappa shape index (κ2) is 9.66. The summed E-state index contributed by atoms with van der Waals surface area (Å²) in [6.07, 6.45) is 1.52. The number of fused-ring (bicyclic) bond motifs is 1. The molecule has 168 valence electrons. The fraction of sp³-hybridized carbons (Fsp3) is 0.167. The minimum Gasteiger partial charge on any atom is -0.494 e. The van der Waals surface area contributed by atoms with Gasteiger partial charge in [0.05, 0.1) is 12.0 Å². The van der Waals surface area contributed by atoms with E-state index < -0.39 is 18.4 Å². The Balaban J connectivity index is 1.63. The molecule has 9 heteroatoms. The number of nitrogens with one attached hydrogen (secondary N) is 2. The van der Waals surface area contributed by atoms with Gasteiger partial charge in [-0.15, -0.1) is 11.3 Å². The number of aromatic nitrogens is 2. The standard InChI is InChI=1S/C24H22N4O4S/c1-3-32-18-10-6-15(7-11-18)20-14(2)33-24-21(20)22(26-13-27-24)28-17-8-4-16(5-9-17)23(31)25-12-19(29)30/h4-11,13H,3,12H2,1-2H3,(H,25,31)(H,29,30)(H,26,27,28). The number of nitrogens with zero attached hydrogens (tertiary/aromatic N) is 2. The average Bonchev–Trinajstić information content (AvgIpc) is 3.15. The number of ether oxygens (including phenoxy) is 1. The van der Waals surface area contributed by atoms with Gasteiger partial charge in [0.25, 0.3) is 5.91 Å². The first kappa shape index (κ1) is 22.2. The van der Waals surface area contributed by atoms with Crippen LogP contribution in [0.3, 0.4) is 0 Å². The summed E-state index contributed by atoms with van der Waals surface area (Å²) in [5.74, 6) is -0.0553. The number of hydrogen-bond acceptors (Lipinski definition) is 7. The van der Waals surface area contributed by atoms with Gasteiger partial charge in [-0.1, -0.05) is 12.1 Å². The van der Waals surface area contributed by atoms with Crippen molar-refractivity contribution >= 4 is 44.9 Å². The Morgan fingerprint density at radius 2 is 1.79 bits per heavy atom. The van der Waals surface area contributed by atoms with Crippen LogP contribution in [0.2, 0.25) is 0 Å². The number of aryl methyl sites for hydroxylation is 1. The lowest BCUT2D eigenvalue weighted by atomic mass is 10.0. The molecule has 0 aliphatic rings. The number of carboxylic acid groups (broad SMARTS) is 1. The van der Waals surface area contributed by atoms with Crippen LogP contribution in [0.5, 0.6) is 5.75 Å². The van der Waals surface area contributed by atoms with Crippen LogP contribution in [0.4, 0.5) is 11.5 Å². The first-order valence-corrected chi connectivity index (χ1v) is 11.1. The van der Waals surface area contributed by atoms with Gasteiger partial charge in [-0.2, -0.15) is 0 Å². The van der Waals surface area contributed by atoms with E-state index >= 15 is 0 Å². The lowest BCUT2D eigenvalue weighted by molar-refractivity contribution is -0.135. The molecule has 0 bridgehead atoms. The van der Waals surface area contributed by atoms with Gasteiger partial charge in [0.2, 0.25) is 0 Å². The van der Waals surface area contributed by atoms with Crippen LogP contribution in [0.25, 0.3) is 21.3 Å². The minimum atomic E-state index is -1.09. The van der Waals surface area contributed by atoms with Gasteiger partial charge < -0.3 is 20.5 Å². The molecular formula is C24H22N4O4S. The van der Waals surface area contributed by atoms with E-state index in [0.717, 1.165) is 37.7 Å². The summed E-state index contributed by atoms with van der Waals surface area (Å²) in [6.45, 7) is 4.20. The summed E-state index contributed by atoms with van der Waals surface area (Å²) in [4.78, 5) is 33.6. The van der Waals surface area contributed by atoms with Crippen molar-refractivity contribution in [3.63, 3.8) is 0 Å². The van der Waals surface area contributed by atoms with Gasteiger partial charge in [-0.05, 0) is 55.8 Å². The summed E-state index contributed by atoms with van der Waals surface area (Å²) in [6, 6.07) is 14.7. The fourth-order valence-corrected chi connectivity index (χ4v) is 4.48. The van der Waals surface area contributed by atoms with Crippen LogP contribution in [0.15, 0.2) is 54.9 Å². The summed E-state index contributed by atoms with van der Waals surface area (Å²) in [7, 11) is 0. The first-order valence-electron chi connectivity index (χ1n) is 10.3. The molecule has 0 atom stereocenters. The molecule has 0 saturated carbocycles. The van der Waals surface area contributed by atoms with E-state index in [4.69, 9.17) is 9.84 Å². The van der Waals surface area contributed by atoms with Crippen molar-refractivity contribution < 1.29 is 19.4 Å². The Morgan fingerprint density at radius 3 is 2.45 bits per heavy atom. The van der Waals surface area contributed by atoms with Crippen molar-refractivity contribution in [2.75, 3.05) is 18.5 Å². The molecule has 0 saturated heterocycles. The molecule has 0 radical (unpaired) electrons. The predicted molar refractivity (Wildman–Crippen MR) is 128 cm³/mol. The molecule has 0 fully saturated rings. The number of amides is 1. The van der Waals surface area contributed by atoms with Crippen molar-refractivity contribution in [1.82, 2.24) is 15.3 Å². The van der Waals surface area contributed by atoms with Crippen LogP contribution >= 0.6 is 11.3 Å². The van der Waals surface area contributed by atoms with Crippen molar-refractivity contribution in [3.8, 4) is 16.9 Å². The predicted octanol–water partition coefficient (Wildman–Crippen LogP) is 4.62. The monoisotopic (exact) mass is 462 g/mol. The lowest BCUT2D eigenvalue weighted by Gasteiger charge is -2.10. The van der Waals surface area contributed by atoms with Gasteiger partial charge in [0, 0.05) is 21.7 Å². The van der Waals surface area contributed by atoms with Gasteiger partial charge in [0.1, 0.15) is 29.3 Å². The highest BCUT2D eigenvalue weighted by Gasteiger charge is 2.17. The summed E-state index contributed by atoms with van der Waals surface area (Å²) in [5.41, 5.74) is 3.22. The van der Waals surface area contributed by atoms with E-state index in [1.165, 1.54) is 6.33 Å². The van der Waals surface area contributed by atoms with E-state index in [0.29, 0.717) is 18.0 Å². The van der Waals surface area contributed by atoms with Crippen molar-refractivity contribution in [2.24, 2.45) is 0 Å². The highest BCUT2D eigenvalue weighted by molar-refractivity contribution is 7.19. The molecule has 0 spiro atoms. The van der Waals surface area contributed by atoms with Crippen molar-refractivity contribution in [1.29, 1.82) is 0 Å². The molecule has 0 aliphatic carbocycles. The topological polar surface area (TPSA) is 113 Å². The largest absolute Gasteiger partial charge is 0.494 e. The zero-order valence-corrected chi connectivity index (χ0v) is 18.9. The van der Waals surface area contributed by atoms with Crippen molar-refractivity contribution in [3.05, 3.63) is 65.3 Å². The average molecular weight is 463 g/mol. The van der Waals surface area contributed by atoms with Crippen LogP contribution in [-0.4, -0.2) is 40.1 Å². The Labute approximate surface area is 194 Å². The summed E-state index contributed by atoms with van der Waals surface area (Å²) in [5, 5.41) is 15.3. The molecule has 8 nitrogen and oxygen atoms in total. The second-order valence-electron chi connectivity index (χ2n) is 7.17. The van der Waals surface area contributed by atoms with Gasteiger partial charge in [-0.25, -0.2) is 9.97 Å². The molecule has 4 rings (SSSR count). The number of carbonyl (C=O) groups excluding carboxylic acids is 1. The number of anilines is 2. The van der Waals surface area contributed by atoms with Gasteiger partial charge in [0.15, 0.2) is 0 Å². The van der Waals surface area contributed by atoms with Gasteiger partial charge in [-0.3, -0.25) is 9.59 Å². The van der Waals surface area contributed by atoms with Crippen LogP contribution in [-0.2, 0) is 4.79 Å². The Kier molecular flexibility index (Phi) is 6.50. The van der Waals surface area contributed by atoms with E-state index in [1.807, 2.05) is 31.2 Å². The Morgan fingerprint density at radius 1 is 1.06 bits per heavy atom. The quantitative estimate of drug-likeness (QED) is 0.350. The van der Waals surface area contributed by atoms with E-state index in [2.05, 4.69) is 27.5 Å². The van der Waals surface area contributed by atoms with E-state index in [9.17, 15) is 9.59 Å². The summed E-state index contributed by atoms with van der Waals surface area (Å²) >= 11 is 1.60. The minimum absolute atomic E-state index is 0.371. The van der Waals surface area contributed by atoms with Crippen LogP contribution in [0.1, 0.15) is 22.2 Å². The van der Waals surface area contributed by atoms with Crippen molar-refractivity contribution in [2.45, 2.75) is 13.8 Å². The highest BCUT2D eigenvalue weighted by Crippen LogP contribution is 2.41. The third-order valence-electron chi connectivity index (χ3n) is 4.93. The molecule has 2 aromatic carbocycles.